The molecule has 2 aromatic heterocycles. The summed E-state index contributed by atoms with van der Waals surface area (Å²) < 4.78 is 0. The minimum atomic E-state index is -1.02. The van der Waals surface area contributed by atoms with E-state index < -0.39 is 5.97 Å². The maximum Gasteiger partial charge on any atom is 0.353 e. The molecule has 0 saturated carbocycles. The number of nitrogens with zero attached hydrogens (tertiary/aromatic N) is 2. The van der Waals surface area contributed by atoms with Crippen LogP contribution in [-0.2, 0) is 0 Å². The third-order valence-corrected chi connectivity index (χ3v) is 1.95. The normalized spacial score (nSPS) is 10.2. The number of pyridine rings is 1. The highest BCUT2D eigenvalue weighted by Gasteiger charge is 2.08. The van der Waals surface area contributed by atoms with Crippen molar-refractivity contribution in [2.24, 2.45) is 0 Å². The van der Waals surface area contributed by atoms with Crippen molar-refractivity contribution in [2.75, 3.05) is 0 Å². The Labute approximate surface area is 85.8 Å². The third-order valence-electron chi connectivity index (χ3n) is 1.95. The van der Waals surface area contributed by atoms with E-state index in [0.717, 1.165) is 11.1 Å². The minimum absolute atomic E-state index is 0.0755. The highest BCUT2D eigenvalue weighted by atomic mass is 16.4. The number of aromatic carboxylic acids is 1. The summed E-state index contributed by atoms with van der Waals surface area (Å²) in [5.74, 6) is -0.502. The minimum Gasteiger partial charge on any atom is -0.477 e. The quantitative estimate of drug-likeness (QED) is 0.774. The van der Waals surface area contributed by atoms with Crippen molar-refractivity contribution in [2.45, 2.75) is 6.92 Å². The molecule has 0 aliphatic rings. The predicted octanol–water partition coefficient (Wildman–Crippen LogP) is 1.48. The van der Waals surface area contributed by atoms with Crippen molar-refractivity contribution in [3.63, 3.8) is 0 Å². The van der Waals surface area contributed by atoms with Crippen LogP contribution in [-0.4, -0.2) is 26.0 Å². The second kappa shape index (κ2) is 3.53. The summed E-state index contributed by atoms with van der Waals surface area (Å²) in [5, 5.41) is 8.71. The van der Waals surface area contributed by atoms with E-state index in [2.05, 4.69) is 15.0 Å². The molecule has 5 heteroatoms. The Morgan fingerprint density at radius 2 is 2.20 bits per heavy atom. The van der Waals surface area contributed by atoms with Gasteiger partial charge in [0.25, 0.3) is 0 Å². The molecule has 0 amide bonds. The average molecular weight is 203 g/mol. The lowest BCUT2D eigenvalue weighted by molar-refractivity contribution is 0.0691. The fraction of sp³-hybridized carbons (Fsp3) is 0.100. The van der Waals surface area contributed by atoms with Gasteiger partial charge in [-0.15, -0.1) is 0 Å². The summed E-state index contributed by atoms with van der Waals surface area (Å²) in [7, 11) is 0. The number of carboxylic acid groups (broad SMARTS) is 1. The van der Waals surface area contributed by atoms with Crippen molar-refractivity contribution in [1.82, 2.24) is 15.0 Å². The molecule has 2 aromatic rings. The summed E-state index contributed by atoms with van der Waals surface area (Å²) in [6.07, 6.45) is 4.65. The SMILES string of the molecule is Cc1cncc(-c2ncc(C(=O)O)[nH]2)c1. The number of hydrogen-bond acceptors (Lipinski definition) is 3. The number of hydrogen-bond donors (Lipinski definition) is 2. The van der Waals surface area contributed by atoms with Gasteiger partial charge < -0.3 is 10.1 Å². The van der Waals surface area contributed by atoms with Gasteiger partial charge in [-0.05, 0) is 18.6 Å². The Morgan fingerprint density at radius 1 is 1.40 bits per heavy atom. The van der Waals surface area contributed by atoms with Gasteiger partial charge in [0, 0.05) is 18.0 Å². The van der Waals surface area contributed by atoms with Gasteiger partial charge in [-0.1, -0.05) is 0 Å². The van der Waals surface area contributed by atoms with Crippen LogP contribution in [0, 0.1) is 6.92 Å². The molecule has 2 N–H and O–H groups in total. The maximum absolute atomic E-state index is 10.6. The average Bonchev–Trinajstić information content (AvgIpc) is 2.66. The Balaban J connectivity index is 2.41. The highest BCUT2D eigenvalue weighted by Crippen LogP contribution is 2.15. The van der Waals surface area contributed by atoms with Gasteiger partial charge in [-0.25, -0.2) is 9.78 Å². The van der Waals surface area contributed by atoms with Gasteiger partial charge in [-0.3, -0.25) is 4.98 Å². The van der Waals surface area contributed by atoms with Crippen LogP contribution < -0.4 is 0 Å². The predicted molar refractivity (Wildman–Crippen MR) is 53.5 cm³/mol. The van der Waals surface area contributed by atoms with Gasteiger partial charge >= 0.3 is 5.97 Å². The first-order valence-corrected chi connectivity index (χ1v) is 4.37. The van der Waals surface area contributed by atoms with Crippen molar-refractivity contribution in [3.05, 3.63) is 35.9 Å². The Bertz CT molecular complexity index is 505. The maximum atomic E-state index is 10.6. The molecule has 5 nitrogen and oxygen atoms in total. The molecule has 15 heavy (non-hydrogen) atoms. The summed E-state index contributed by atoms with van der Waals surface area (Å²) in [6.45, 7) is 1.91. The van der Waals surface area contributed by atoms with Crippen LogP contribution in [0.4, 0.5) is 0 Å². The summed E-state index contributed by atoms with van der Waals surface area (Å²) in [5.41, 5.74) is 1.86. The fourth-order valence-corrected chi connectivity index (χ4v) is 1.26. The largest absolute Gasteiger partial charge is 0.477 e. The van der Waals surface area contributed by atoms with E-state index >= 15 is 0 Å². The zero-order valence-corrected chi connectivity index (χ0v) is 8.06. The number of rotatable bonds is 2. The number of aryl methyl sites for hydroxylation is 1. The second-order valence-corrected chi connectivity index (χ2v) is 3.20. The van der Waals surface area contributed by atoms with E-state index in [1.54, 1.807) is 12.4 Å². The number of aromatic amines is 1. The zero-order valence-electron chi connectivity index (χ0n) is 8.06. The summed E-state index contributed by atoms with van der Waals surface area (Å²) >= 11 is 0. The molecule has 0 fully saturated rings. The van der Waals surface area contributed by atoms with E-state index in [1.165, 1.54) is 6.20 Å². The number of H-pyrrole nitrogens is 1. The lowest BCUT2D eigenvalue weighted by Crippen LogP contribution is -1.95. The smallest absolute Gasteiger partial charge is 0.353 e. The molecule has 0 unspecified atom stereocenters. The fourth-order valence-electron chi connectivity index (χ4n) is 1.26. The van der Waals surface area contributed by atoms with E-state index in [4.69, 9.17) is 5.11 Å². The topological polar surface area (TPSA) is 78.9 Å². The van der Waals surface area contributed by atoms with Gasteiger partial charge in [0.05, 0.1) is 6.20 Å². The van der Waals surface area contributed by atoms with Gasteiger partial charge in [0.15, 0.2) is 0 Å². The zero-order chi connectivity index (χ0) is 10.8. The molecule has 0 aliphatic carbocycles. The Kier molecular flexibility index (Phi) is 2.21. The van der Waals surface area contributed by atoms with E-state index in [1.807, 2.05) is 13.0 Å². The number of carbonyl (C=O) groups is 1. The van der Waals surface area contributed by atoms with Crippen LogP contribution in [0.15, 0.2) is 24.7 Å². The van der Waals surface area contributed by atoms with Crippen LogP contribution >= 0.6 is 0 Å². The van der Waals surface area contributed by atoms with Crippen LogP contribution in [0.3, 0.4) is 0 Å². The summed E-state index contributed by atoms with van der Waals surface area (Å²) in [6, 6.07) is 1.89. The van der Waals surface area contributed by atoms with E-state index in [-0.39, 0.29) is 5.69 Å². The number of imidazole rings is 1. The molecule has 0 aromatic carbocycles. The molecule has 0 spiro atoms. The van der Waals surface area contributed by atoms with Gasteiger partial charge in [0.1, 0.15) is 11.5 Å². The van der Waals surface area contributed by atoms with Crippen LogP contribution in [0.25, 0.3) is 11.4 Å². The molecule has 0 atom stereocenters. The van der Waals surface area contributed by atoms with Crippen molar-refractivity contribution >= 4 is 5.97 Å². The van der Waals surface area contributed by atoms with Crippen LogP contribution in [0.1, 0.15) is 16.1 Å². The molecule has 0 bridgehead atoms. The van der Waals surface area contributed by atoms with Gasteiger partial charge in [0.2, 0.25) is 0 Å². The molecule has 76 valence electrons. The third kappa shape index (κ3) is 1.85. The first-order valence-electron chi connectivity index (χ1n) is 4.37. The molecule has 0 aliphatic heterocycles. The molecular formula is C10H9N3O2. The molecule has 0 radical (unpaired) electrons. The Morgan fingerprint density at radius 3 is 2.80 bits per heavy atom. The standard InChI is InChI=1S/C10H9N3O2/c1-6-2-7(4-11-3-6)9-12-5-8(13-9)10(14)15/h2-5H,1H3,(H,12,13)(H,14,15). The second-order valence-electron chi connectivity index (χ2n) is 3.20. The number of carboxylic acids is 1. The lowest BCUT2D eigenvalue weighted by atomic mass is 10.2. The Hall–Kier alpha value is -2.17. The van der Waals surface area contributed by atoms with Crippen molar-refractivity contribution < 1.29 is 9.90 Å². The highest BCUT2D eigenvalue weighted by molar-refractivity contribution is 5.85. The van der Waals surface area contributed by atoms with Crippen molar-refractivity contribution in [3.8, 4) is 11.4 Å². The van der Waals surface area contributed by atoms with E-state index in [9.17, 15) is 4.79 Å². The number of nitrogens with one attached hydrogen (secondary N) is 1. The monoisotopic (exact) mass is 203 g/mol. The first-order chi connectivity index (χ1) is 7.16. The molecular weight excluding hydrogens is 194 g/mol. The van der Waals surface area contributed by atoms with Crippen LogP contribution in [0.2, 0.25) is 0 Å². The van der Waals surface area contributed by atoms with Crippen molar-refractivity contribution in [1.29, 1.82) is 0 Å². The van der Waals surface area contributed by atoms with E-state index in [0.29, 0.717) is 5.82 Å². The molecule has 0 saturated heterocycles. The van der Waals surface area contributed by atoms with Gasteiger partial charge in [-0.2, -0.15) is 0 Å². The van der Waals surface area contributed by atoms with Crippen LogP contribution in [0.5, 0.6) is 0 Å². The molecule has 2 heterocycles. The molecule has 2 rings (SSSR count). The lowest BCUT2D eigenvalue weighted by Gasteiger charge is -1.96. The number of aromatic nitrogens is 3. The first kappa shape index (κ1) is 9.39. The summed E-state index contributed by atoms with van der Waals surface area (Å²) in [4.78, 5) is 21.3.